The Kier molecular flexibility index (Phi) is 3.41. The molecule has 1 aliphatic carbocycles. The van der Waals surface area contributed by atoms with Crippen molar-refractivity contribution in [1.29, 1.82) is 0 Å². The number of rotatable bonds is 5. The number of hydrogen-bond donors (Lipinski definition) is 2. The van der Waals surface area contributed by atoms with E-state index in [0.29, 0.717) is 5.41 Å². The number of hydrogen-bond acceptors (Lipinski definition) is 4. The van der Waals surface area contributed by atoms with E-state index in [9.17, 15) is 0 Å². The van der Waals surface area contributed by atoms with Crippen LogP contribution >= 0.6 is 15.9 Å². The number of nitrogens with two attached hydrogens (primary N) is 1. The van der Waals surface area contributed by atoms with E-state index in [2.05, 4.69) is 31.2 Å². The molecule has 0 aliphatic heterocycles. The molecular weight excluding hydrogens is 304 g/mol. The Morgan fingerprint density at radius 2 is 2.21 bits per heavy atom. The van der Waals surface area contributed by atoms with E-state index in [1.54, 1.807) is 0 Å². The summed E-state index contributed by atoms with van der Waals surface area (Å²) in [7, 11) is 0. The molecule has 0 atom stereocenters. The first-order chi connectivity index (χ1) is 9.22. The molecule has 3 rings (SSSR count). The molecule has 4 nitrogen and oxygen atoms in total. The summed E-state index contributed by atoms with van der Waals surface area (Å²) in [6.45, 7) is 1.74. The lowest BCUT2D eigenvalue weighted by Gasteiger charge is -2.16. The minimum atomic E-state index is 0.416. The Bertz CT molecular complexity index is 595. The second-order valence-electron chi connectivity index (χ2n) is 5.27. The normalized spacial score (nSPS) is 16.5. The molecule has 1 fully saturated rings. The Morgan fingerprint density at radius 3 is 2.95 bits per heavy atom. The summed E-state index contributed by atoms with van der Waals surface area (Å²) >= 11 is 3.42. The molecule has 0 spiro atoms. The largest absolute Gasteiger partial charge is 0.383 e. The number of nitrogens with zero attached hydrogens (tertiary/aromatic N) is 2. The van der Waals surface area contributed by atoms with Crippen LogP contribution in [0.5, 0.6) is 0 Å². The molecule has 19 heavy (non-hydrogen) atoms. The van der Waals surface area contributed by atoms with Crippen LogP contribution in [-0.4, -0.2) is 23.1 Å². The van der Waals surface area contributed by atoms with Gasteiger partial charge in [-0.3, -0.25) is 9.97 Å². The van der Waals surface area contributed by atoms with Gasteiger partial charge in [-0.25, -0.2) is 0 Å². The molecule has 2 aromatic heterocycles. The van der Waals surface area contributed by atoms with Crippen LogP contribution in [0.25, 0.3) is 11.0 Å². The molecular formula is C14H17BrN4. The highest BCUT2D eigenvalue weighted by Gasteiger charge is 2.41. The third-order valence-corrected chi connectivity index (χ3v) is 4.26. The second kappa shape index (κ2) is 5.06. The smallest absolute Gasteiger partial charge is 0.112 e. The number of nitrogens with one attached hydrogen (secondary N) is 1. The van der Waals surface area contributed by atoms with Crippen LogP contribution in [0.4, 0.5) is 5.69 Å². The van der Waals surface area contributed by atoms with Gasteiger partial charge >= 0.3 is 0 Å². The van der Waals surface area contributed by atoms with Crippen LogP contribution in [0.3, 0.4) is 0 Å². The van der Waals surface area contributed by atoms with Gasteiger partial charge in [-0.05, 0) is 59.3 Å². The lowest BCUT2D eigenvalue weighted by atomic mass is 10.0. The van der Waals surface area contributed by atoms with Gasteiger partial charge in [-0.1, -0.05) is 0 Å². The van der Waals surface area contributed by atoms with Crippen LogP contribution < -0.4 is 11.1 Å². The maximum Gasteiger partial charge on any atom is 0.112 e. The van der Waals surface area contributed by atoms with Crippen LogP contribution in [0.2, 0.25) is 0 Å². The topological polar surface area (TPSA) is 63.8 Å². The lowest BCUT2D eigenvalue weighted by Crippen LogP contribution is -2.19. The van der Waals surface area contributed by atoms with Gasteiger partial charge in [0.15, 0.2) is 0 Å². The molecule has 0 radical (unpaired) electrons. The van der Waals surface area contributed by atoms with Crippen molar-refractivity contribution in [3.8, 4) is 0 Å². The first-order valence-electron chi connectivity index (χ1n) is 6.57. The quantitative estimate of drug-likeness (QED) is 0.889. The fourth-order valence-electron chi connectivity index (χ4n) is 2.43. The maximum atomic E-state index is 5.68. The fraction of sp³-hybridized carbons (Fsp3) is 0.429. The molecule has 100 valence electrons. The zero-order valence-electron chi connectivity index (χ0n) is 10.7. The fourth-order valence-corrected chi connectivity index (χ4v) is 2.75. The molecule has 0 bridgehead atoms. The monoisotopic (exact) mass is 320 g/mol. The average Bonchev–Trinajstić information content (AvgIpc) is 3.16. The minimum absolute atomic E-state index is 0.416. The summed E-state index contributed by atoms with van der Waals surface area (Å²) in [6.07, 6.45) is 7.28. The van der Waals surface area contributed by atoms with Gasteiger partial charge in [0, 0.05) is 23.4 Å². The number of anilines is 1. The maximum absolute atomic E-state index is 5.68. The van der Waals surface area contributed by atoms with Crippen molar-refractivity contribution in [3.05, 3.63) is 29.0 Å². The summed E-state index contributed by atoms with van der Waals surface area (Å²) in [4.78, 5) is 8.80. The molecule has 5 heteroatoms. The minimum Gasteiger partial charge on any atom is -0.383 e. The van der Waals surface area contributed by atoms with E-state index in [4.69, 9.17) is 5.73 Å². The van der Waals surface area contributed by atoms with Gasteiger partial charge < -0.3 is 11.1 Å². The summed E-state index contributed by atoms with van der Waals surface area (Å²) in [5, 5.41) is 3.52. The molecule has 1 saturated carbocycles. The number of pyridine rings is 2. The summed E-state index contributed by atoms with van der Waals surface area (Å²) in [5.41, 5.74) is 8.98. The molecule has 3 N–H and O–H groups in total. The third-order valence-electron chi connectivity index (χ3n) is 3.83. The van der Waals surface area contributed by atoms with E-state index in [-0.39, 0.29) is 0 Å². The van der Waals surface area contributed by atoms with Gasteiger partial charge in [0.1, 0.15) is 5.52 Å². The standard InChI is InChI=1S/C14H17BrN4/c15-10-7-12-13(18-8-10)11(1-6-17-12)19-9-14(2-3-14)4-5-16/h1,6-8H,2-5,9,16H2,(H,17,19). The van der Waals surface area contributed by atoms with Crippen molar-refractivity contribution in [2.24, 2.45) is 11.1 Å². The van der Waals surface area contributed by atoms with E-state index in [1.165, 1.54) is 12.8 Å². The highest BCUT2D eigenvalue weighted by Crippen LogP contribution is 2.48. The third kappa shape index (κ3) is 2.72. The lowest BCUT2D eigenvalue weighted by molar-refractivity contribution is 0.501. The predicted molar refractivity (Wildman–Crippen MR) is 81.1 cm³/mol. The molecule has 0 aromatic carbocycles. The van der Waals surface area contributed by atoms with Crippen molar-refractivity contribution in [2.75, 3.05) is 18.4 Å². The Labute approximate surface area is 120 Å². The molecule has 2 heterocycles. The first-order valence-corrected chi connectivity index (χ1v) is 7.36. The van der Waals surface area contributed by atoms with Crippen LogP contribution in [-0.2, 0) is 0 Å². The molecule has 0 amide bonds. The summed E-state index contributed by atoms with van der Waals surface area (Å²) in [5.74, 6) is 0. The zero-order valence-corrected chi connectivity index (χ0v) is 12.3. The molecule has 1 aliphatic rings. The Hall–Kier alpha value is -1.20. The zero-order chi connectivity index (χ0) is 13.3. The SMILES string of the molecule is NCCC1(CNc2ccnc3cc(Br)cnc23)CC1. The van der Waals surface area contributed by atoms with E-state index in [0.717, 1.165) is 40.7 Å². The highest BCUT2D eigenvalue weighted by molar-refractivity contribution is 9.10. The summed E-state index contributed by atoms with van der Waals surface area (Å²) in [6, 6.07) is 3.97. The van der Waals surface area contributed by atoms with Gasteiger partial charge in [0.2, 0.25) is 0 Å². The van der Waals surface area contributed by atoms with Crippen molar-refractivity contribution in [1.82, 2.24) is 9.97 Å². The average molecular weight is 321 g/mol. The highest BCUT2D eigenvalue weighted by atomic mass is 79.9. The predicted octanol–water partition coefficient (Wildman–Crippen LogP) is 2.93. The van der Waals surface area contributed by atoms with Gasteiger partial charge in [-0.15, -0.1) is 0 Å². The van der Waals surface area contributed by atoms with Crippen LogP contribution in [0.1, 0.15) is 19.3 Å². The number of halogens is 1. The molecule has 0 saturated heterocycles. The van der Waals surface area contributed by atoms with Crippen molar-refractivity contribution < 1.29 is 0 Å². The van der Waals surface area contributed by atoms with E-state index >= 15 is 0 Å². The van der Waals surface area contributed by atoms with Crippen LogP contribution in [0.15, 0.2) is 29.0 Å². The van der Waals surface area contributed by atoms with Gasteiger partial charge in [0.25, 0.3) is 0 Å². The van der Waals surface area contributed by atoms with Crippen LogP contribution in [0, 0.1) is 5.41 Å². The Morgan fingerprint density at radius 1 is 1.37 bits per heavy atom. The van der Waals surface area contributed by atoms with E-state index < -0.39 is 0 Å². The van der Waals surface area contributed by atoms with Crippen molar-refractivity contribution in [3.63, 3.8) is 0 Å². The first kappa shape index (κ1) is 12.8. The molecule has 0 unspecified atom stereocenters. The van der Waals surface area contributed by atoms with Crippen molar-refractivity contribution >= 4 is 32.7 Å². The molecule has 2 aromatic rings. The van der Waals surface area contributed by atoms with E-state index in [1.807, 2.05) is 24.5 Å². The summed E-state index contributed by atoms with van der Waals surface area (Å²) < 4.78 is 0.950. The Balaban J connectivity index is 1.81. The van der Waals surface area contributed by atoms with Gasteiger partial charge in [0.05, 0.1) is 11.2 Å². The number of fused-ring (bicyclic) bond motifs is 1. The second-order valence-corrected chi connectivity index (χ2v) is 6.19. The number of aromatic nitrogens is 2. The van der Waals surface area contributed by atoms with Crippen molar-refractivity contribution in [2.45, 2.75) is 19.3 Å². The van der Waals surface area contributed by atoms with Gasteiger partial charge in [-0.2, -0.15) is 0 Å².